The Morgan fingerprint density at radius 3 is 2.44 bits per heavy atom. The van der Waals surface area contributed by atoms with Gasteiger partial charge in [0.15, 0.2) is 11.5 Å². The van der Waals surface area contributed by atoms with E-state index < -0.39 is 23.7 Å². The molecule has 98 valence electrons. The van der Waals surface area contributed by atoms with Crippen molar-refractivity contribution in [1.29, 1.82) is 0 Å². The molecule has 1 rings (SSSR count). The van der Waals surface area contributed by atoms with Gasteiger partial charge in [0.05, 0.1) is 13.5 Å². The average molecular weight is 255 g/mol. The Labute approximate surface area is 102 Å². The predicted octanol–water partition coefficient (Wildman–Crippen LogP) is 0.573. The Morgan fingerprint density at radius 2 is 2.00 bits per heavy atom. The van der Waals surface area contributed by atoms with Gasteiger partial charge in [0.25, 0.3) is 0 Å². The molecule has 0 saturated carbocycles. The largest absolute Gasteiger partial charge is 0.504 e. The maximum atomic E-state index is 10.9. The summed E-state index contributed by atoms with van der Waals surface area (Å²) in [4.78, 5) is 21.5. The molecule has 0 amide bonds. The normalized spacial score (nSPS) is 11.9. The number of carbonyl (C=O) groups is 2. The lowest BCUT2D eigenvalue weighted by Gasteiger charge is -2.13. The van der Waals surface area contributed by atoms with Crippen LogP contribution in [0.2, 0.25) is 0 Å². The fraction of sp³-hybridized carbons (Fsp3) is 0.273. The van der Waals surface area contributed by atoms with E-state index in [0.717, 1.165) is 6.07 Å². The van der Waals surface area contributed by atoms with E-state index in [1.807, 2.05) is 0 Å². The van der Waals surface area contributed by atoms with Crippen LogP contribution in [0, 0.1) is 0 Å². The van der Waals surface area contributed by atoms with E-state index >= 15 is 0 Å². The Balaban J connectivity index is 3.25. The Morgan fingerprint density at radius 1 is 1.39 bits per heavy atom. The molecule has 7 nitrogen and oxygen atoms in total. The molecule has 1 aromatic rings. The van der Waals surface area contributed by atoms with E-state index in [9.17, 15) is 14.7 Å². The van der Waals surface area contributed by atoms with Crippen molar-refractivity contribution in [2.45, 2.75) is 12.5 Å². The molecule has 0 spiro atoms. The highest BCUT2D eigenvalue weighted by Gasteiger charge is 2.20. The molecular formula is C11H13NO6. The van der Waals surface area contributed by atoms with E-state index in [-0.39, 0.29) is 23.3 Å². The van der Waals surface area contributed by atoms with Gasteiger partial charge in [0, 0.05) is 6.04 Å². The van der Waals surface area contributed by atoms with Gasteiger partial charge in [0.2, 0.25) is 0 Å². The van der Waals surface area contributed by atoms with E-state index in [4.69, 9.17) is 20.7 Å². The fourth-order valence-electron chi connectivity index (χ4n) is 1.47. The smallest absolute Gasteiger partial charge is 0.339 e. The number of aromatic carboxylic acids is 1. The lowest BCUT2D eigenvalue weighted by Crippen LogP contribution is -2.16. The second-order valence-electron chi connectivity index (χ2n) is 3.63. The van der Waals surface area contributed by atoms with Crippen molar-refractivity contribution < 1.29 is 29.6 Å². The number of carboxylic acids is 2. The SMILES string of the molecule is COc1cc(C(N)CC(=O)O)cc(C(=O)O)c1O. The lowest BCUT2D eigenvalue weighted by molar-refractivity contribution is -0.137. The topological polar surface area (TPSA) is 130 Å². The first-order valence-electron chi connectivity index (χ1n) is 4.98. The van der Waals surface area contributed by atoms with Crippen LogP contribution in [0.1, 0.15) is 28.4 Å². The van der Waals surface area contributed by atoms with Crippen LogP contribution in [0.4, 0.5) is 0 Å². The predicted molar refractivity (Wildman–Crippen MR) is 60.8 cm³/mol. The van der Waals surface area contributed by atoms with Crippen LogP contribution in [0.5, 0.6) is 11.5 Å². The maximum Gasteiger partial charge on any atom is 0.339 e. The van der Waals surface area contributed by atoms with E-state index in [1.165, 1.54) is 13.2 Å². The van der Waals surface area contributed by atoms with Gasteiger partial charge in [-0.05, 0) is 17.7 Å². The number of hydrogen-bond acceptors (Lipinski definition) is 5. The van der Waals surface area contributed by atoms with Crippen LogP contribution in [-0.4, -0.2) is 34.4 Å². The number of ether oxygens (including phenoxy) is 1. The minimum absolute atomic E-state index is 0.0641. The number of hydrogen-bond donors (Lipinski definition) is 4. The van der Waals surface area contributed by atoms with Gasteiger partial charge in [-0.15, -0.1) is 0 Å². The lowest BCUT2D eigenvalue weighted by atomic mass is 10.0. The highest BCUT2D eigenvalue weighted by molar-refractivity contribution is 5.92. The Bertz CT molecular complexity index is 485. The zero-order chi connectivity index (χ0) is 13.9. The molecule has 1 unspecified atom stereocenters. The summed E-state index contributed by atoms with van der Waals surface area (Å²) < 4.78 is 4.82. The van der Waals surface area contributed by atoms with Crippen molar-refractivity contribution in [2.75, 3.05) is 7.11 Å². The number of nitrogens with two attached hydrogens (primary N) is 1. The first-order valence-corrected chi connectivity index (χ1v) is 4.98. The molecule has 0 aliphatic carbocycles. The summed E-state index contributed by atoms with van der Waals surface area (Å²) in [5, 5.41) is 27.1. The third-order valence-corrected chi connectivity index (χ3v) is 2.37. The summed E-state index contributed by atoms with van der Waals surface area (Å²) in [5.41, 5.74) is 5.51. The summed E-state index contributed by atoms with van der Waals surface area (Å²) in [5.74, 6) is -3.04. The summed E-state index contributed by atoms with van der Waals surface area (Å²) in [6.45, 7) is 0. The second-order valence-corrected chi connectivity index (χ2v) is 3.63. The van der Waals surface area contributed by atoms with E-state index in [0.29, 0.717) is 0 Å². The van der Waals surface area contributed by atoms with Crippen LogP contribution in [0.15, 0.2) is 12.1 Å². The first-order chi connectivity index (χ1) is 8.36. The Hall–Kier alpha value is -2.28. The van der Waals surface area contributed by atoms with Crippen LogP contribution >= 0.6 is 0 Å². The molecule has 0 fully saturated rings. The molecule has 0 heterocycles. The first kappa shape index (κ1) is 13.8. The number of carboxylic acid groups (broad SMARTS) is 2. The quantitative estimate of drug-likeness (QED) is 0.605. The van der Waals surface area contributed by atoms with Crippen molar-refractivity contribution in [3.05, 3.63) is 23.3 Å². The number of methoxy groups -OCH3 is 1. The van der Waals surface area contributed by atoms with Crippen molar-refractivity contribution >= 4 is 11.9 Å². The highest BCUT2D eigenvalue weighted by atomic mass is 16.5. The molecule has 1 atom stereocenters. The van der Waals surface area contributed by atoms with E-state index in [2.05, 4.69) is 0 Å². The van der Waals surface area contributed by atoms with Gasteiger partial charge in [-0.3, -0.25) is 4.79 Å². The molecule has 0 aliphatic rings. The molecular weight excluding hydrogens is 242 g/mol. The molecule has 0 radical (unpaired) electrons. The molecule has 18 heavy (non-hydrogen) atoms. The van der Waals surface area contributed by atoms with Gasteiger partial charge in [0.1, 0.15) is 5.56 Å². The van der Waals surface area contributed by atoms with Crippen LogP contribution in [0.3, 0.4) is 0 Å². The Kier molecular flexibility index (Phi) is 4.11. The van der Waals surface area contributed by atoms with Crippen molar-refractivity contribution in [3.63, 3.8) is 0 Å². The summed E-state index contributed by atoms with van der Waals surface area (Å²) in [7, 11) is 1.26. The van der Waals surface area contributed by atoms with Gasteiger partial charge in [-0.1, -0.05) is 0 Å². The van der Waals surface area contributed by atoms with Crippen molar-refractivity contribution in [1.82, 2.24) is 0 Å². The minimum atomic E-state index is -1.35. The maximum absolute atomic E-state index is 10.9. The van der Waals surface area contributed by atoms with Crippen LogP contribution in [0.25, 0.3) is 0 Å². The average Bonchev–Trinajstić information content (AvgIpc) is 2.27. The molecule has 0 bridgehead atoms. The summed E-state index contributed by atoms with van der Waals surface area (Å²) in [6, 6.07) is 1.57. The van der Waals surface area contributed by atoms with Gasteiger partial charge in [-0.2, -0.15) is 0 Å². The summed E-state index contributed by atoms with van der Waals surface area (Å²) in [6.07, 6.45) is -0.354. The number of aliphatic carboxylic acids is 1. The van der Waals surface area contributed by atoms with Gasteiger partial charge < -0.3 is 25.8 Å². The molecule has 0 aromatic heterocycles. The molecule has 7 heteroatoms. The van der Waals surface area contributed by atoms with Gasteiger partial charge in [-0.25, -0.2) is 4.79 Å². The van der Waals surface area contributed by atoms with Gasteiger partial charge >= 0.3 is 11.9 Å². The fourth-order valence-corrected chi connectivity index (χ4v) is 1.47. The number of benzene rings is 1. The molecule has 5 N–H and O–H groups in total. The zero-order valence-corrected chi connectivity index (χ0v) is 9.58. The number of aromatic hydroxyl groups is 1. The molecule has 1 aromatic carbocycles. The van der Waals surface area contributed by atoms with Crippen molar-refractivity contribution in [2.24, 2.45) is 5.73 Å². The van der Waals surface area contributed by atoms with Crippen LogP contribution < -0.4 is 10.5 Å². The third kappa shape index (κ3) is 2.89. The second kappa shape index (κ2) is 5.37. The van der Waals surface area contributed by atoms with E-state index in [1.54, 1.807) is 0 Å². The molecule has 0 aliphatic heterocycles. The highest BCUT2D eigenvalue weighted by Crippen LogP contribution is 2.33. The molecule has 0 saturated heterocycles. The number of rotatable bonds is 5. The summed E-state index contributed by atoms with van der Waals surface area (Å²) >= 11 is 0. The van der Waals surface area contributed by atoms with Crippen molar-refractivity contribution in [3.8, 4) is 11.5 Å². The van der Waals surface area contributed by atoms with Crippen LogP contribution in [-0.2, 0) is 4.79 Å². The zero-order valence-electron chi connectivity index (χ0n) is 9.58. The minimum Gasteiger partial charge on any atom is -0.504 e. The third-order valence-electron chi connectivity index (χ3n) is 2.37. The standard InChI is InChI=1S/C11H13NO6/c1-18-8-3-5(7(12)4-9(13)14)2-6(10(8)15)11(16)17/h2-3,7,15H,4,12H2,1H3,(H,13,14)(H,16,17). The number of phenols is 1. The monoisotopic (exact) mass is 255 g/mol.